The van der Waals surface area contributed by atoms with E-state index in [0.29, 0.717) is 19.0 Å². The highest BCUT2D eigenvalue weighted by molar-refractivity contribution is 5.68. The Labute approximate surface area is 115 Å². The molecule has 0 bridgehead atoms. The van der Waals surface area contributed by atoms with Gasteiger partial charge in [-0.1, -0.05) is 0 Å². The fourth-order valence-corrected chi connectivity index (χ4v) is 3.07. The van der Waals surface area contributed by atoms with Crippen molar-refractivity contribution in [1.29, 1.82) is 0 Å². The van der Waals surface area contributed by atoms with E-state index in [-0.39, 0.29) is 11.5 Å². The maximum Gasteiger partial charge on any atom is 0.410 e. The van der Waals surface area contributed by atoms with E-state index < -0.39 is 5.60 Å². The molecule has 2 unspecified atom stereocenters. The van der Waals surface area contributed by atoms with Crippen molar-refractivity contribution >= 4 is 6.09 Å². The van der Waals surface area contributed by atoms with Crippen molar-refractivity contribution in [2.45, 2.75) is 39.2 Å². The molecule has 2 aliphatic heterocycles. The molecule has 110 valence electrons. The van der Waals surface area contributed by atoms with Crippen LogP contribution >= 0.6 is 0 Å². The summed E-state index contributed by atoms with van der Waals surface area (Å²) in [4.78, 5) is 13.9. The molecule has 0 aromatic heterocycles. The second-order valence-corrected chi connectivity index (χ2v) is 6.77. The van der Waals surface area contributed by atoms with Gasteiger partial charge in [-0.05, 0) is 46.1 Å². The van der Waals surface area contributed by atoms with Crippen molar-refractivity contribution in [2.24, 2.45) is 17.1 Å². The van der Waals surface area contributed by atoms with Gasteiger partial charge in [0, 0.05) is 25.1 Å². The van der Waals surface area contributed by atoms with Gasteiger partial charge < -0.3 is 20.1 Å². The van der Waals surface area contributed by atoms with E-state index in [2.05, 4.69) is 0 Å². The Kier molecular flexibility index (Phi) is 4.06. The van der Waals surface area contributed by atoms with Crippen LogP contribution in [0.3, 0.4) is 0 Å². The van der Waals surface area contributed by atoms with Crippen molar-refractivity contribution in [3.63, 3.8) is 0 Å². The summed E-state index contributed by atoms with van der Waals surface area (Å²) in [6, 6.07) is 0. The summed E-state index contributed by atoms with van der Waals surface area (Å²) >= 11 is 0. The van der Waals surface area contributed by atoms with Gasteiger partial charge in [-0.2, -0.15) is 0 Å². The summed E-state index contributed by atoms with van der Waals surface area (Å²) in [5.74, 6) is 0.316. The van der Waals surface area contributed by atoms with Crippen LogP contribution in [0.4, 0.5) is 4.79 Å². The van der Waals surface area contributed by atoms with E-state index in [1.807, 2.05) is 20.8 Å². The van der Waals surface area contributed by atoms with Crippen molar-refractivity contribution in [3.05, 3.63) is 0 Å². The molecule has 1 amide bonds. The van der Waals surface area contributed by atoms with Gasteiger partial charge in [0.1, 0.15) is 5.60 Å². The molecule has 0 aromatic carbocycles. The molecule has 0 aliphatic carbocycles. The Morgan fingerprint density at radius 1 is 1.47 bits per heavy atom. The van der Waals surface area contributed by atoms with Crippen LogP contribution in [0.5, 0.6) is 0 Å². The number of nitrogens with zero attached hydrogens (tertiary/aromatic N) is 1. The quantitative estimate of drug-likeness (QED) is 0.786. The van der Waals surface area contributed by atoms with Crippen LogP contribution in [0.25, 0.3) is 0 Å². The topological polar surface area (TPSA) is 64.8 Å². The van der Waals surface area contributed by atoms with Gasteiger partial charge in [0.05, 0.1) is 6.61 Å². The number of hydrogen-bond acceptors (Lipinski definition) is 4. The predicted molar refractivity (Wildman–Crippen MR) is 72.8 cm³/mol. The summed E-state index contributed by atoms with van der Waals surface area (Å²) in [5.41, 5.74) is 5.66. The Bertz CT molecular complexity index is 332. The van der Waals surface area contributed by atoms with E-state index in [1.54, 1.807) is 4.90 Å². The highest BCUT2D eigenvalue weighted by Gasteiger charge is 2.46. The van der Waals surface area contributed by atoms with Crippen LogP contribution in [0.15, 0.2) is 0 Å². The molecule has 5 heteroatoms. The van der Waals surface area contributed by atoms with E-state index in [9.17, 15) is 4.79 Å². The maximum atomic E-state index is 12.1. The smallest absolute Gasteiger partial charge is 0.410 e. The molecule has 2 N–H and O–H groups in total. The van der Waals surface area contributed by atoms with E-state index >= 15 is 0 Å². The second kappa shape index (κ2) is 5.29. The summed E-state index contributed by atoms with van der Waals surface area (Å²) in [5, 5.41) is 0. The molecule has 1 spiro atoms. The van der Waals surface area contributed by atoms with E-state index in [0.717, 1.165) is 32.6 Å². The minimum Gasteiger partial charge on any atom is -0.444 e. The molecule has 2 aliphatic rings. The average molecular weight is 270 g/mol. The van der Waals surface area contributed by atoms with Crippen LogP contribution in [-0.4, -0.2) is 49.4 Å². The van der Waals surface area contributed by atoms with Gasteiger partial charge in [-0.15, -0.1) is 0 Å². The molecule has 0 saturated carbocycles. The zero-order valence-electron chi connectivity index (χ0n) is 12.3. The standard InChI is InChI=1S/C14H26N2O3/c1-13(2,3)19-12(17)16-6-4-14(5-7-18-10-14)11(8-15)9-16/h11H,4-10,15H2,1-3H3. The zero-order valence-corrected chi connectivity index (χ0v) is 12.3. The number of amides is 1. The van der Waals surface area contributed by atoms with Crippen molar-refractivity contribution in [2.75, 3.05) is 32.8 Å². The molecule has 0 radical (unpaired) electrons. The third kappa shape index (κ3) is 3.20. The van der Waals surface area contributed by atoms with Gasteiger partial charge in [0.25, 0.3) is 0 Å². The van der Waals surface area contributed by atoms with Crippen molar-refractivity contribution in [1.82, 2.24) is 4.90 Å². The normalized spacial score (nSPS) is 31.8. The molecular formula is C14H26N2O3. The average Bonchev–Trinajstić information content (AvgIpc) is 2.76. The number of ether oxygens (including phenoxy) is 2. The maximum absolute atomic E-state index is 12.1. The largest absolute Gasteiger partial charge is 0.444 e. The monoisotopic (exact) mass is 270 g/mol. The lowest BCUT2D eigenvalue weighted by Gasteiger charge is -2.44. The molecule has 2 rings (SSSR count). The summed E-state index contributed by atoms with van der Waals surface area (Å²) < 4.78 is 11.0. The molecule has 0 aromatic rings. The van der Waals surface area contributed by atoms with Crippen LogP contribution in [0, 0.1) is 11.3 Å². The van der Waals surface area contributed by atoms with E-state index in [1.165, 1.54) is 0 Å². The van der Waals surface area contributed by atoms with Crippen LogP contribution in [0.1, 0.15) is 33.6 Å². The minimum atomic E-state index is -0.444. The summed E-state index contributed by atoms with van der Waals surface area (Å²) in [6.45, 7) is 9.32. The first-order valence-electron chi connectivity index (χ1n) is 7.12. The first-order chi connectivity index (χ1) is 8.86. The highest BCUT2D eigenvalue weighted by atomic mass is 16.6. The third-order valence-corrected chi connectivity index (χ3v) is 4.26. The molecule has 2 saturated heterocycles. The second-order valence-electron chi connectivity index (χ2n) is 6.77. The van der Waals surface area contributed by atoms with Crippen molar-refractivity contribution < 1.29 is 14.3 Å². The number of carbonyl (C=O) groups is 1. The van der Waals surface area contributed by atoms with Gasteiger partial charge >= 0.3 is 6.09 Å². The van der Waals surface area contributed by atoms with Gasteiger partial charge in [-0.3, -0.25) is 0 Å². The molecule has 19 heavy (non-hydrogen) atoms. The molecule has 2 fully saturated rings. The van der Waals surface area contributed by atoms with E-state index in [4.69, 9.17) is 15.2 Å². The first-order valence-corrected chi connectivity index (χ1v) is 7.12. The fourth-order valence-electron chi connectivity index (χ4n) is 3.07. The fraction of sp³-hybridized carbons (Fsp3) is 0.929. The summed E-state index contributed by atoms with van der Waals surface area (Å²) in [6.07, 6.45) is 1.81. The number of piperidine rings is 1. The number of likely N-dealkylation sites (tertiary alicyclic amines) is 1. The number of rotatable bonds is 1. The Morgan fingerprint density at radius 3 is 2.74 bits per heavy atom. The minimum absolute atomic E-state index is 0.188. The Morgan fingerprint density at radius 2 is 2.21 bits per heavy atom. The molecule has 2 atom stereocenters. The number of nitrogens with two attached hydrogens (primary N) is 1. The molecule has 2 heterocycles. The lowest BCUT2D eigenvalue weighted by Crippen LogP contribution is -2.53. The Balaban J connectivity index is 1.99. The van der Waals surface area contributed by atoms with Gasteiger partial charge in [0.2, 0.25) is 0 Å². The first kappa shape index (κ1) is 14.6. The summed E-state index contributed by atoms with van der Waals surface area (Å²) in [7, 11) is 0. The zero-order chi connectivity index (χ0) is 14.1. The Hall–Kier alpha value is -0.810. The van der Waals surface area contributed by atoms with Crippen LogP contribution in [-0.2, 0) is 9.47 Å². The SMILES string of the molecule is CC(C)(C)OC(=O)N1CCC2(CCOC2)C(CN)C1. The predicted octanol–water partition coefficient (Wildman–Crippen LogP) is 1.61. The lowest BCUT2D eigenvalue weighted by molar-refractivity contribution is -0.0105. The van der Waals surface area contributed by atoms with Crippen molar-refractivity contribution in [3.8, 4) is 0 Å². The van der Waals surface area contributed by atoms with Crippen LogP contribution < -0.4 is 5.73 Å². The third-order valence-electron chi connectivity index (χ3n) is 4.26. The lowest BCUT2D eigenvalue weighted by atomic mass is 9.70. The number of carbonyl (C=O) groups excluding carboxylic acids is 1. The molecule has 5 nitrogen and oxygen atoms in total. The van der Waals surface area contributed by atoms with Crippen LogP contribution in [0.2, 0.25) is 0 Å². The highest BCUT2D eigenvalue weighted by Crippen LogP contribution is 2.43. The number of hydrogen-bond donors (Lipinski definition) is 1. The van der Waals surface area contributed by atoms with Gasteiger partial charge in [-0.25, -0.2) is 4.79 Å². The van der Waals surface area contributed by atoms with Gasteiger partial charge in [0.15, 0.2) is 0 Å². The molecular weight excluding hydrogens is 244 g/mol.